The number of aromatic nitrogens is 1. The van der Waals surface area contributed by atoms with Crippen LogP contribution >= 0.6 is 0 Å². The molecule has 1 heterocycles. The Morgan fingerprint density at radius 1 is 1.38 bits per heavy atom. The molecule has 0 radical (unpaired) electrons. The summed E-state index contributed by atoms with van der Waals surface area (Å²) in [5.74, 6) is 0. The van der Waals surface area contributed by atoms with Gasteiger partial charge >= 0.3 is 0 Å². The van der Waals surface area contributed by atoms with Crippen molar-refractivity contribution < 1.29 is 5.11 Å². The van der Waals surface area contributed by atoms with Crippen LogP contribution in [0.4, 0.5) is 0 Å². The van der Waals surface area contributed by atoms with Crippen molar-refractivity contribution in [2.45, 2.75) is 6.10 Å². The number of aliphatic hydroxyl groups is 1. The van der Waals surface area contributed by atoms with Crippen molar-refractivity contribution in [1.82, 2.24) is 4.98 Å². The number of nitrogens with one attached hydrogen (secondary N) is 1. The van der Waals surface area contributed by atoms with E-state index in [2.05, 4.69) is 4.98 Å². The molecule has 0 aliphatic carbocycles. The number of rotatable bonds is 2. The van der Waals surface area contributed by atoms with E-state index >= 15 is 0 Å². The van der Waals surface area contributed by atoms with Gasteiger partial charge in [-0.25, -0.2) is 0 Å². The molecule has 1 unspecified atom stereocenters. The van der Waals surface area contributed by atoms with Gasteiger partial charge < -0.3 is 15.8 Å². The number of hydrogen-bond acceptors (Lipinski definition) is 2. The molecule has 3 heteroatoms. The quantitative estimate of drug-likeness (QED) is 0.643. The first-order chi connectivity index (χ1) is 6.31. The van der Waals surface area contributed by atoms with Crippen molar-refractivity contribution in [2.75, 3.05) is 6.54 Å². The second-order valence-electron chi connectivity index (χ2n) is 3.06. The third-order valence-corrected chi connectivity index (χ3v) is 2.13. The number of H-pyrrole nitrogens is 1. The summed E-state index contributed by atoms with van der Waals surface area (Å²) in [7, 11) is 0. The first-order valence-electron chi connectivity index (χ1n) is 4.27. The van der Waals surface area contributed by atoms with Gasteiger partial charge in [-0.15, -0.1) is 0 Å². The van der Waals surface area contributed by atoms with Crippen LogP contribution < -0.4 is 5.73 Å². The minimum Gasteiger partial charge on any atom is -0.386 e. The van der Waals surface area contributed by atoms with Gasteiger partial charge in [0.25, 0.3) is 0 Å². The highest BCUT2D eigenvalue weighted by atomic mass is 16.3. The molecule has 0 aliphatic heterocycles. The normalized spacial score (nSPS) is 13.4. The van der Waals surface area contributed by atoms with Gasteiger partial charge in [-0.05, 0) is 17.5 Å². The van der Waals surface area contributed by atoms with Gasteiger partial charge in [0.05, 0.1) is 0 Å². The molecule has 0 aliphatic rings. The maximum Gasteiger partial charge on any atom is 0.106 e. The number of aliphatic hydroxyl groups excluding tert-OH is 1. The lowest BCUT2D eigenvalue weighted by Gasteiger charge is -2.02. The fraction of sp³-hybridized carbons (Fsp3) is 0.200. The van der Waals surface area contributed by atoms with Crippen LogP contribution in [0, 0.1) is 0 Å². The molecule has 2 aromatic rings. The minimum atomic E-state index is -0.590. The van der Waals surface area contributed by atoms with Crippen LogP contribution in [-0.2, 0) is 0 Å². The summed E-state index contributed by atoms with van der Waals surface area (Å²) in [5.41, 5.74) is 7.17. The topological polar surface area (TPSA) is 62.0 Å². The Morgan fingerprint density at radius 2 is 2.15 bits per heavy atom. The summed E-state index contributed by atoms with van der Waals surface area (Å²) in [6.07, 6.45) is -0.590. The molecule has 0 bridgehead atoms. The van der Waals surface area contributed by atoms with Gasteiger partial charge in [0, 0.05) is 17.8 Å². The Morgan fingerprint density at radius 3 is 2.85 bits per heavy atom. The fourth-order valence-corrected chi connectivity index (χ4v) is 1.40. The number of nitrogens with two attached hydrogens (primary N) is 1. The predicted octanol–water partition coefficient (Wildman–Crippen LogP) is 1.16. The molecule has 1 aromatic heterocycles. The molecule has 68 valence electrons. The summed E-state index contributed by atoms with van der Waals surface area (Å²) in [4.78, 5) is 3.12. The first-order valence-corrected chi connectivity index (χ1v) is 4.27. The van der Waals surface area contributed by atoms with Gasteiger partial charge in [-0.1, -0.05) is 18.2 Å². The smallest absolute Gasteiger partial charge is 0.106 e. The number of benzene rings is 1. The molecule has 1 atom stereocenters. The number of hydrogen-bond donors (Lipinski definition) is 3. The average Bonchev–Trinajstić information content (AvgIpc) is 2.59. The first kappa shape index (κ1) is 8.29. The summed E-state index contributed by atoms with van der Waals surface area (Å²) < 4.78 is 0. The highest BCUT2D eigenvalue weighted by molar-refractivity contribution is 5.80. The highest BCUT2D eigenvalue weighted by Gasteiger charge is 2.07. The second kappa shape index (κ2) is 3.20. The van der Waals surface area contributed by atoms with E-state index in [4.69, 9.17) is 5.73 Å². The lowest BCUT2D eigenvalue weighted by molar-refractivity contribution is 0.183. The molecule has 0 saturated heterocycles. The molecule has 0 spiro atoms. The second-order valence-corrected chi connectivity index (χ2v) is 3.06. The van der Waals surface area contributed by atoms with E-state index in [0.717, 1.165) is 16.6 Å². The molecule has 13 heavy (non-hydrogen) atoms. The largest absolute Gasteiger partial charge is 0.386 e. The van der Waals surface area contributed by atoms with Gasteiger partial charge in [0.2, 0.25) is 0 Å². The third kappa shape index (κ3) is 1.43. The molecular weight excluding hydrogens is 164 g/mol. The number of para-hydroxylation sites is 1. The molecule has 3 nitrogen and oxygen atoms in total. The number of aromatic amines is 1. The number of fused-ring (bicyclic) bond motifs is 1. The maximum atomic E-state index is 9.47. The highest BCUT2D eigenvalue weighted by Crippen LogP contribution is 2.18. The SMILES string of the molecule is NCC(O)c1cc2ccccc2[nH]1. The van der Waals surface area contributed by atoms with Crippen LogP contribution in [0.5, 0.6) is 0 Å². The molecule has 0 amide bonds. The lowest BCUT2D eigenvalue weighted by Crippen LogP contribution is -2.11. The van der Waals surface area contributed by atoms with Crippen molar-refractivity contribution in [3.8, 4) is 0 Å². The monoisotopic (exact) mass is 176 g/mol. The molecule has 1 aromatic carbocycles. The van der Waals surface area contributed by atoms with E-state index < -0.39 is 6.10 Å². The van der Waals surface area contributed by atoms with Crippen molar-refractivity contribution in [3.63, 3.8) is 0 Å². The Balaban J connectivity index is 2.49. The van der Waals surface area contributed by atoms with Crippen molar-refractivity contribution in [1.29, 1.82) is 0 Å². The Bertz CT molecular complexity index is 375. The summed E-state index contributed by atoms with van der Waals surface area (Å²) in [6.45, 7) is 0.243. The van der Waals surface area contributed by atoms with Gasteiger partial charge in [-0.3, -0.25) is 0 Å². The lowest BCUT2D eigenvalue weighted by atomic mass is 10.2. The molecule has 0 fully saturated rings. The molecular formula is C10H12N2O. The standard InChI is InChI=1S/C10H12N2O/c11-6-10(13)9-5-7-3-1-2-4-8(7)12-9/h1-5,10,12-13H,6,11H2. The predicted molar refractivity (Wildman–Crippen MR) is 52.3 cm³/mol. The summed E-state index contributed by atoms with van der Waals surface area (Å²) >= 11 is 0. The van der Waals surface area contributed by atoms with Crippen LogP contribution in [0.15, 0.2) is 30.3 Å². The fourth-order valence-electron chi connectivity index (χ4n) is 1.40. The zero-order valence-corrected chi connectivity index (χ0v) is 7.20. The van der Waals surface area contributed by atoms with E-state index in [1.54, 1.807) is 0 Å². The Kier molecular flexibility index (Phi) is 2.04. The van der Waals surface area contributed by atoms with E-state index in [-0.39, 0.29) is 6.54 Å². The molecule has 2 rings (SSSR count). The van der Waals surface area contributed by atoms with Crippen molar-refractivity contribution >= 4 is 10.9 Å². The van der Waals surface area contributed by atoms with Crippen molar-refractivity contribution in [3.05, 3.63) is 36.0 Å². The maximum absolute atomic E-state index is 9.47. The van der Waals surface area contributed by atoms with Gasteiger partial charge in [-0.2, -0.15) is 0 Å². The van der Waals surface area contributed by atoms with E-state index in [9.17, 15) is 5.11 Å². The van der Waals surface area contributed by atoms with E-state index in [1.807, 2.05) is 30.3 Å². The third-order valence-electron chi connectivity index (χ3n) is 2.13. The van der Waals surface area contributed by atoms with E-state index in [0.29, 0.717) is 0 Å². The molecule has 0 saturated carbocycles. The van der Waals surface area contributed by atoms with Crippen LogP contribution in [0.3, 0.4) is 0 Å². The zero-order chi connectivity index (χ0) is 9.26. The Labute approximate surface area is 76.2 Å². The zero-order valence-electron chi connectivity index (χ0n) is 7.20. The summed E-state index contributed by atoms with van der Waals surface area (Å²) in [6, 6.07) is 9.82. The van der Waals surface area contributed by atoms with Crippen molar-refractivity contribution in [2.24, 2.45) is 5.73 Å². The van der Waals surface area contributed by atoms with Gasteiger partial charge in [0.15, 0.2) is 0 Å². The van der Waals surface area contributed by atoms with Crippen LogP contribution in [0.1, 0.15) is 11.8 Å². The molecule has 4 N–H and O–H groups in total. The summed E-state index contributed by atoms with van der Waals surface area (Å²) in [5, 5.41) is 10.6. The van der Waals surface area contributed by atoms with Crippen LogP contribution in [-0.4, -0.2) is 16.6 Å². The minimum absolute atomic E-state index is 0.243. The van der Waals surface area contributed by atoms with Crippen LogP contribution in [0.2, 0.25) is 0 Å². The van der Waals surface area contributed by atoms with Crippen LogP contribution in [0.25, 0.3) is 10.9 Å². The van der Waals surface area contributed by atoms with E-state index in [1.165, 1.54) is 0 Å². The Hall–Kier alpha value is -1.32. The van der Waals surface area contributed by atoms with Gasteiger partial charge in [0.1, 0.15) is 6.10 Å². The average molecular weight is 176 g/mol.